The van der Waals surface area contributed by atoms with E-state index >= 15 is 0 Å². The number of rotatable bonds is 12. The lowest BCUT2D eigenvalue weighted by molar-refractivity contribution is 1.08. The van der Waals surface area contributed by atoms with E-state index in [2.05, 4.69) is 388 Å². The maximum atomic E-state index is 5.32. The standard InChI is InChI=1S/C57H37N5.C50H32N4/c1-5-15-38(16-6-1)44-31-45(39-17-7-2-8-18-39)33-47(32-44)61-51-27-25-42(34-48(51)56-53(61)23-13-29-58-56)43-26-28-52-49(35-43)57-54(24-14-30-59-57)62(52)55-37-46(40-19-9-3-10-20-40)36-50(60-55)41-21-11-4-12-22-41;1-3-13-33(14-4-1)38-31-43(35-16-5-2-6-17-35)52-49(32-38)54-45-21-10-9-20-40(45)41-29-36(24-26-46(41)54)37-25-27-47-42(30-37)50-48(23-12-28-51-50)53(47)44-22-11-18-34-15-7-8-19-39(34)44/h1-37H;1-32H. The van der Waals surface area contributed by atoms with Crippen molar-refractivity contribution in [3.8, 4) is 112 Å². The van der Waals surface area contributed by atoms with Crippen LogP contribution in [0.15, 0.2) is 419 Å². The summed E-state index contributed by atoms with van der Waals surface area (Å²) < 4.78 is 9.30. The fourth-order valence-electron chi connectivity index (χ4n) is 17.3. The zero-order chi connectivity index (χ0) is 76.6. The summed E-state index contributed by atoms with van der Waals surface area (Å²) in [5.41, 5.74) is 31.6. The molecule has 0 saturated heterocycles. The van der Waals surface area contributed by atoms with E-state index in [-0.39, 0.29) is 0 Å². The Morgan fingerprint density at radius 3 is 0.966 bits per heavy atom. The number of nitrogens with zero attached hydrogens (tertiary/aromatic N) is 9. The van der Waals surface area contributed by atoms with Crippen LogP contribution in [0.2, 0.25) is 0 Å². The molecular weight excluding hydrogens is 1410 g/mol. The Morgan fingerprint density at radius 1 is 0.172 bits per heavy atom. The van der Waals surface area contributed by atoms with Gasteiger partial charge in [-0.25, -0.2) is 9.97 Å². The molecule has 0 aliphatic heterocycles. The summed E-state index contributed by atoms with van der Waals surface area (Å²) in [6.07, 6.45) is 5.67. The monoisotopic (exact) mass is 1480 g/mol. The maximum absolute atomic E-state index is 5.32. The molecule has 0 unspecified atom stereocenters. The number of pyridine rings is 5. The van der Waals surface area contributed by atoms with Crippen LogP contribution in [0, 0.1) is 0 Å². The lowest BCUT2D eigenvalue weighted by Crippen LogP contribution is -2.00. The molecule has 0 saturated carbocycles. The number of para-hydroxylation sites is 1. The number of aromatic nitrogens is 9. The Morgan fingerprint density at radius 2 is 0.500 bits per heavy atom. The highest BCUT2D eigenvalue weighted by molar-refractivity contribution is 6.14. The molecule has 0 aliphatic rings. The molecule has 14 aromatic carbocycles. The van der Waals surface area contributed by atoms with Gasteiger partial charge in [0.15, 0.2) is 0 Å². The molecule has 0 N–H and O–H groups in total. The highest BCUT2D eigenvalue weighted by atomic mass is 15.1. The lowest BCUT2D eigenvalue weighted by Gasteiger charge is -2.14. The van der Waals surface area contributed by atoms with Crippen LogP contribution in [-0.2, 0) is 0 Å². The van der Waals surface area contributed by atoms with E-state index in [1.165, 1.54) is 32.7 Å². The SMILES string of the molecule is c1ccc(-c2cc(-c3ccccc3)cc(-n3c4ccc(-c5ccc6c(c5)c5ncccc5n6-c5cc(-c6ccccc6)cc(-c6ccccc6)n5)cc4c4ncccc43)c2)cc1.c1ccc(-c2cc(-c3ccccc3)nc(-n3c4ccccc4c4cc(-c5ccc6c(c5)c5ncccc5n6-c5cccc6ccccc56)ccc43)c2)cc1. The Hall–Kier alpha value is -15.7. The average Bonchev–Trinajstić information content (AvgIpc) is 1.59. The third-order valence-electron chi connectivity index (χ3n) is 22.7. The van der Waals surface area contributed by atoms with Crippen LogP contribution in [0.1, 0.15) is 0 Å². The average molecular weight is 1480 g/mol. The second-order valence-electron chi connectivity index (χ2n) is 29.6. The summed E-state index contributed by atoms with van der Waals surface area (Å²) in [6, 6.07) is 142. The molecule has 23 rings (SSSR count). The van der Waals surface area contributed by atoms with Crippen molar-refractivity contribution < 1.29 is 0 Å². The third-order valence-corrected chi connectivity index (χ3v) is 22.7. The van der Waals surface area contributed by atoms with Gasteiger partial charge in [-0.3, -0.25) is 24.1 Å². The van der Waals surface area contributed by atoms with Gasteiger partial charge in [0, 0.05) is 67.7 Å². The number of fused-ring (bicyclic) bond motifs is 13. The highest BCUT2D eigenvalue weighted by Gasteiger charge is 2.23. The van der Waals surface area contributed by atoms with Crippen LogP contribution < -0.4 is 0 Å². The largest absolute Gasteiger partial charge is 0.308 e. The molecule has 542 valence electrons. The first-order valence-electron chi connectivity index (χ1n) is 39.2. The zero-order valence-electron chi connectivity index (χ0n) is 62.9. The quantitative estimate of drug-likeness (QED) is 0.122. The molecule has 0 fully saturated rings. The van der Waals surface area contributed by atoms with Gasteiger partial charge in [0.25, 0.3) is 0 Å². The van der Waals surface area contributed by atoms with Crippen LogP contribution in [-0.4, -0.2) is 43.2 Å². The topological polar surface area (TPSA) is 84.2 Å². The van der Waals surface area contributed by atoms with Gasteiger partial charge in [-0.1, -0.05) is 261 Å². The smallest absolute Gasteiger partial charge is 0.138 e. The minimum Gasteiger partial charge on any atom is -0.308 e. The van der Waals surface area contributed by atoms with Gasteiger partial charge in [-0.2, -0.15) is 0 Å². The van der Waals surface area contributed by atoms with Crippen LogP contribution in [0.25, 0.3) is 211 Å². The highest BCUT2D eigenvalue weighted by Crippen LogP contribution is 2.44. The molecule has 0 aliphatic carbocycles. The molecule has 23 aromatic rings. The van der Waals surface area contributed by atoms with Crippen LogP contribution in [0.5, 0.6) is 0 Å². The van der Waals surface area contributed by atoms with E-state index in [1.54, 1.807) is 0 Å². The number of benzene rings is 14. The Bertz CT molecular complexity index is 7320. The molecule has 0 atom stereocenters. The minimum absolute atomic E-state index is 0.845. The van der Waals surface area contributed by atoms with Crippen molar-refractivity contribution in [3.63, 3.8) is 0 Å². The molecule has 9 aromatic heterocycles. The van der Waals surface area contributed by atoms with Gasteiger partial charge >= 0.3 is 0 Å². The molecule has 0 spiro atoms. The third kappa shape index (κ3) is 11.8. The first kappa shape index (κ1) is 67.2. The number of hydrogen-bond donors (Lipinski definition) is 0. The summed E-state index contributed by atoms with van der Waals surface area (Å²) in [6.45, 7) is 0. The van der Waals surface area contributed by atoms with E-state index in [9.17, 15) is 0 Å². The van der Waals surface area contributed by atoms with E-state index in [0.29, 0.717) is 0 Å². The van der Waals surface area contributed by atoms with Crippen molar-refractivity contribution in [2.75, 3.05) is 0 Å². The first-order chi connectivity index (χ1) is 57.5. The zero-order valence-corrected chi connectivity index (χ0v) is 62.9. The first-order valence-corrected chi connectivity index (χ1v) is 39.2. The molecule has 0 amide bonds. The Labute approximate surface area is 668 Å². The second-order valence-corrected chi connectivity index (χ2v) is 29.6. The fraction of sp³-hybridized carbons (Fsp3) is 0. The normalized spacial score (nSPS) is 11.6. The molecule has 9 nitrogen and oxygen atoms in total. The van der Waals surface area contributed by atoms with Crippen LogP contribution >= 0.6 is 0 Å². The molecule has 9 heterocycles. The van der Waals surface area contributed by atoms with E-state index in [4.69, 9.17) is 24.9 Å². The summed E-state index contributed by atoms with van der Waals surface area (Å²) >= 11 is 0. The van der Waals surface area contributed by atoms with Gasteiger partial charge in [0.2, 0.25) is 0 Å². The number of hydrogen-bond acceptors (Lipinski definition) is 5. The predicted molar refractivity (Wildman–Crippen MR) is 480 cm³/mol. The summed E-state index contributed by atoms with van der Waals surface area (Å²) in [5, 5.41) is 8.11. The lowest BCUT2D eigenvalue weighted by atomic mass is 9.98. The van der Waals surface area contributed by atoms with Gasteiger partial charge in [-0.15, -0.1) is 0 Å². The van der Waals surface area contributed by atoms with Crippen molar-refractivity contribution in [1.29, 1.82) is 0 Å². The molecule has 0 radical (unpaired) electrons. The Balaban J connectivity index is 0.000000142. The summed E-state index contributed by atoms with van der Waals surface area (Å²) in [7, 11) is 0. The minimum atomic E-state index is 0.845. The van der Waals surface area contributed by atoms with Gasteiger partial charge in [0.05, 0.1) is 77.8 Å². The summed E-state index contributed by atoms with van der Waals surface area (Å²) in [4.78, 5) is 25.5. The van der Waals surface area contributed by atoms with E-state index in [0.717, 1.165) is 178 Å². The van der Waals surface area contributed by atoms with Crippen molar-refractivity contribution in [3.05, 3.63) is 419 Å². The van der Waals surface area contributed by atoms with Crippen molar-refractivity contribution in [2.45, 2.75) is 0 Å². The molecule has 0 bridgehead atoms. The molecule has 116 heavy (non-hydrogen) atoms. The second kappa shape index (κ2) is 28.2. The van der Waals surface area contributed by atoms with Gasteiger partial charge < -0.3 is 9.13 Å². The van der Waals surface area contributed by atoms with E-state index < -0.39 is 0 Å². The van der Waals surface area contributed by atoms with Crippen LogP contribution in [0.4, 0.5) is 0 Å². The van der Waals surface area contributed by atoms with Crippen LogP contribution in [0.3, 0.4) is 0 Å². The van der Waals surface area contributed by atoms with Gasteiger partial charge in [-0.05, 0) is 212 Å². The molecule has 9 heteroatoms. The van der Waals surface area contributed by atoms with Crippen molar-refractivity contribution in [2.24, 2.45) is 0 Å². The summed E-state index contributed by atoms with van der Waals surface area (Å²) in [5.74, 6) is 1.74. The van der Waals surface area contributed by atoms with E-state index in [1.807, 2.05) is 48.9 Å². The molecular formula is C107H69N9. The predicted octanol–water partition coefficient (Wildman–Crippen LogP) is 27.2. The maximum Gasteiger partial charge on any atom is 0.138 e. The Kier molecular flexibility index (Phi) is 16.4. The van der Waals surface area contributed by atoms with Crippen molar-refractivity contribution >= 4 is 98.4 Å². The van der Waals surface area contributed by atoms with Crippen molar-refractivity contribution in [1.82, 2.24) is 43.2 Å². The fourth-order valence-corrected chi connectivity index (χ4v) is 17.3. The van der Waals surface area contributed by atoms with Gasteiger partial charge in [0.1, 0.15) is 11.6 Å².